The Morgan fingerprint density at radius 1 is 1.31 bits per heavy atom. The largest absolute Gasteiger partial charge is 0.486 e. The molecule has 0 saturated heterocycles. The molecule has 1 aromatic heterocycles. The maximum absolute atomic E-state index is 13.7. The summed E-state index contributed by atoms with van der Waals surface area (Å²) >= 11 is 9.66. The Balaban J connectivity index is 1.66. The summed E-state index contributed by atoms with van der Waals surface area (Å²) in [5.41, 5.74) is 3.64. The minimum absolute atomic E-state index is 0.0335. The van der Waals surface area contributed by atoms with Gasteiger partial charge in [-0.05, 0) is 45.8 Å². The Kier molecular flexibility index (Phi) is 6.73. The number of hydrazone groups is 1. The zero-order valence-corrected chi connectivity index (χ0v) is 17.0. The van der Waals surface area contributed by atoms with Gasteiger partial charge in [0.05, 0.1) is 20.6 Å². The summed E-state index contributed by atoms with van der Waals surface area (Å²) in [7, 11) is 0. The van der Waals surface area contributed by atoms with E-state index < -0.39 is 4.92 Å². The predicted octanol–water partition coefficient (Wildman–Crippen LogP) is 5.57. The standard InChI is InChI=1S/C19H13BrClFN4O3/c20-15-7-12(9-24-25-18-6-5-14(10-23-18)26(27)28)8-16(21)19(15)29-11-13-3-1-2-4-17(13)22/h1-10H,11H2,(H,23,25)/b24-9+. The van der Waals surface area contributed by atoms with E-state index in [4.69, 9.17) is 16.3 Å². The first kappa shape index (κ1) is 20.7. The Morgan fingerprint density at radius 2 is 2.10 bits per heavy atom. The summed E-state index contributed by atoms with van der Waals surface area (Å²) in [5.74, 6) is 0.383. The third kappa shape index (κ3) is 5.49. The van der Waals surface area contributed by atoms with Gasteiger partial charge < -0.3 is 4.74 Å². The Bertz CT molecular complexity index is 1040. The first-order chi connectivity index (χ1) is 13.9. The fourth-order valence-corrected chi connectivity index (χ4v) is 3.28. The molecule has 0 aliphatic heterocycles. The van der Waals surface area contributed by atoms with E-state index in [0.717, 1.165) is 6.20 Å². The highest BCUT2D eigenvalue weighted by molar-refractivity contribution is 9.10. The number of hydrogen-bond donors (Lipinski definition) is 1. The van der Waals surface area contributed by atoms with Crippen molar-refractivity contribution in [2.24, 2.45) is 5.10 Å². The van der Waals surface area contributed by atoms with Gasteiger partial charge in [-0.25, -0.2) is 9.37 Å². The summed E-state index contributed by atoms with van der Waals surface area (Å²) in [6, 6.07) is 12.5. The predicted molar refractivity (Wildman–Crippen MR) is 112 cm³/mol. The Labute approximate surface area is 178 Å². The number of benzene rings is 2. The lowest BCUT2D eigenvalue weighted by atomic mass is 10.2. The van der Waals surface area contributed by atoms with Crippen LogP contribution in [0.25, 0.3) is 0 Å². The van der Waals surface area contributed by atoms with Gasteiger partial charge in [0.1, 0.15) is 24.4 Å². The summed E-state index contributed by atoms with van der Waals surface area (Å²) in [6.45, 7) is 0.0335. The highest BCUT2D eigenvalue weighted by atomic mass is 79.9. The minimum Gasteiger partial charge on any atom is -0.486 e. The van der Waals surface area contributed by atoms with Crippen LogP contribution < -0.4 is 10.2 Å². The van der Waals surface area contributed by atoms with Crippen LogP contribution in [-0.2, 0) is 6.61 Å². The second kappa shape index (κ2) is 9.44. The average molecular weight is 480 g/mol. The van der Waals surface area contributed by atoms with Crippen molar-refractivity contribution >= 4 is 45.3 Å². The molecule has 1 N–H and O–H groups in total. The van der Waals surface area contributed by atoms with Crippen molar-refractivity contribution in [3.05, 3.63) is 91.3 Å². The zero-order valence-electron chi connectivity index (χ0n) is 14.7. The molecule has 0 bridgehead atoms. The maximum atomic E-state index is 13.7. The number of nitrogens with zero attached hydrogens (tertiary/aromatic N) is 3. The SMILES string of the molecule is O=[N+]([O-])c1ccc(N/N=C/c2cc(Cl)c(OCc3ccccc3F)c(Br)c2)nc1. The van der Waals surface area contributed by atoms with Crippen LogP contribution in [0.1, 0.15) is 11.1 Å². The van der Waals surface area contributed by atoms with Gasteiger partial charge in [-0.15, -0.1) is 0 Å². The van der Waals surface area contributed by atoms with Crippen LogP contribution in [0.5, 0.6) is 5.75 Å². The lowest BCUT2D eigenvalue weighted by Crippen LogP contribution is -2.00. The van der Waals surface area contributed by atoms with Crippen LogP contribution in [-0.4, -0.2) is 16.1 Å². The monoisotopic (exact) mass is 478 g/mol. The van der Waals surface area contributed by atoms with Gasteiger partial charge in [0.25, 0.3) is 5.69 Å². The molecule has 0 aliphatic carbocycles. The molecule has 0 radical (unpaired) electrons. The first-order valence-electron chi connectivity index (χ1n) is 8.19. The molecule has 7 nitrogen and oxygen atoms in total. The quantitative estimate of drug-likeness (QED) is 0.272. The van der Waals surface area contributed by atoms with Crippen LogP contribution in [0.15, 0.2) is 64.3 Å². The number of rotatable bonds is 7. The lowest BCUT2D eigenvalue weighted by molar-refractivity contribution is -0.385. The van der Waals surface area contributed by atoms with E-state index in [-0.39, 0.29) is 18.1 Å². The van der Waals surface area contributed by atoms with Crippen LogP contribution in [0.4, 0.5) is 15.9 Å². The lowest BCUT2D eigenvalue weighted by Gasteiger charge is -2.11. The van der Waals surface area contributed by atoms with Crippen LogP contribution in [0.3, 0.4) is 0 Å². The average Bonchev–Trinajstić information content (AvgIpc) is 2.69. The van der Waals surface area contributed by atoms with E-state index in [2.05, 4.69) is 31.4 Å². The number of hydrogen-bond acceptors (Lipinski definition) is 6. The van der Waals surface area contributed by atoms with Gasteiger partial charge >= 0.3 is 0 Å². The van der Waals surface area contributed by atoms with E-state index in [1.807, 2.05) is 0 Å². The van der Waals surface area contributed by atoms with Gasteiger partial charge in [0.2, 0.25) is 0 Å². The molecule has 0 amide bonds. The van der Waals surface area contributed by atoms with Crippen LogP contribution in [0.2, 0.25) is 5.02 Å². The van der Waals surface area contributed by atoms with E-state index >= 15 is 0 Å². The molecule has 148 valence electrons. The fourth-order valence-electron chi connectivity index (χ4n) is 2.29. The molecule has 29 heavy (non-hydrogen) atoms. The van der Waals surface area contributed by atoms with Crippen molar-refractivity contribution < 1.29 is 14.1 Å². The topological polar surface area (TPSA) is 89.7 Å². The van der Waals surface area contributed by atoms with Crippen molar-refractivity contribution in [3.63, 3.8) is 0 Å². The number of ether oxygens (including phenoxy) is 1. The third-order valence-electron chi connectivity index (χ3n) is 3.70. The molecule has 0 fully saturated rings. The number of pyridine rings is 1. The molecule has 0 saturated carbocycles. The molecule has 0 atom stereocenters. The van der Waals surface area contributed by atoms with E-state index in [1.54, 1.807) is 30.3 Å². The smallest absolute Gasteiger partial charge is 0.287 e. The van der Waals surface area contributed by atoms with Crippen molar-refractivity contribution in [1.82, 2.24) is 4.98 Å². The number of nitrogens with one attached hydrogen (secondary N) is 1. The molecule has 0 aliphatic rings. The Morgan fingerprint density at radius 3 is 2.76 bits per heavy atom. The van der Waals surface area contributed by atoms with Crippen molar-refractivity contribution in [3.8, 4) is 5.75 Å². The summed E-state index contributed by atoms with van der Waals surface area (Å²) in [4.78, 5) is 14.0. The highest BCUT2D eigenvalue weighted by Gasteiger charge is 2.11. The molecular weight excluding hydrogens is 467 g/mol. The fraction of sp³-hybridized carbons (Fsp3) is 0.0526. The van der Waals surface area contributed by atoms with Gasteiger partial charge in [-0.2, -0.15) is 5.10 Å². The number of anilines is 1. The molecular formula is C19H13BrClFN4O3. The maximum Gasteiger partial charge on any atom is 0.287 e. The number of aromatic nitrogens is 1. The second-order valence-electron chi connectivity index (χ2n) is 5.72. The van der Waals surface area contributed by atoms with Gasteiger partial charge in [-0.1, -0.05) is 29.8 Å². The second-order valence-corrected chi connectivity index (χ2v) is 6.98. The van der Waals surface area contributed by atoms with Gasteiger partial charge in [0, 0.05) is 11.6 Å². The van der Waals surface area contributed by atoms with Crippen LogP contribution >= 0.6 is 27.5 Å². The third-order valence-corrected chi connectivity index (χ3v) is 4.57. The van der Waals surface area contributed by atoms with Crippen molar-refractivity contribution in [2.75, 3.05) is 5.43 Å². The molecule has 10 heteroatoms. The normalized spacial score (nSPS) is 10.9. The molecule has 0 unspecified atom stereocenters. The van der Waals surface area contributed by atoms with Crippen molar-refractivity contribution in [2.45, 2.75) is 6.61 Å². The number of nitro groups is 1. The molecule has 2 aromatic carbocycles. The van der Waals surface area contributed by atoms with Crippen molar-refractivity contribution in [1.29, 1.82) is 0 Å². The first-order valence-corrected chi connectivity index (χ1v) is 9.36. The van der Waals surface area contributed by atoms with Gasteiger partial charge in [-0.3, -0.25) is 15.5 Å². The van der Waals surface area contributed by atoms with Gasteiger partial charge in [0.15, 0.2) is 5.75 Å². The highest BCUT2D eigenvalue weighted by Crippen LogP contribution is 2.34. The zero-order chi connectivity index (χ0) is 20.8. The van der Waals surface area contributed by atoms with E-state index in [0.29, 0.717) is 32.2 Å². The van der Waals surface area contributed by atoms with E-state index in [1.165, 1.54) is 24.4 Å². The molecule has 0 spiro atoms. The summed E-state index contributed by atoms with van der Waals surface area (Å²) in [6.07, 6.45) is 2.63. The summed E-state index contributed by atoms with van der Waals surface area (Å²) < 4.78 is 19.9. The van der Waals surface area contributed by atoms with E-state index in [9.17, 15) is 14.5 Å². The molecule has 3 aromatic rings. The Hall–Kier alpha value is -3.04. The summed E-state index contributed by atoms with van der Waals surface area (Å²) in [5, 5.41) is 15.0. The molecule has 3 rings (SSSR count). The number of halogens is 3. The van der Waals surface area contributed by atoms with Crippen LogP contribution in [0, 0.1) is 15.9 Å². The molecule has 1 heterocycles. The minimum atomic E-state index is -0.532.